The number of hydrogen-bond donors (Lipinski definition) is 0. The van der Waals surface area contributed by atoms with E-state index >= 15 is 0 Å². The molecule has 2 aromatic rings. The summed E-state index contributed by atoms with van der Waals surface area (Å²) in [6.45, 7) is 0. The van der Waals surface area contributed by atoms with E-state index in [4.69, 9.17) is 0 Å². The van der Waals surface area contributed by atoms with Gasteiger partial charge in [-0.25, -0.2) is 0 Å². The lowest BCUT2D eigenvalue weighted by Crippen LogP contribution is -3.61. The lowest BCUT2D eigenvalue weighted by atomic mass is 9.99. The maximum Gasteiger partial charge on any atom is 0.417 e. The molecule has 0 spiro atoms. The van der Waals surface area contributed by atoms with Gasteiger partial charge in [-0.15, -0.1) is 0 Å². The molecule has 0 atom stereocenters. The Morgan fingerprint density at radius 1 is 0.824 bits per heavy atom. The normalized spacial score (nSPS) is 13.4. The average Bonchev–Trinajstić information content (AvgIpc) is 2.65. The first kappa shape index (κ1) is 11.1. The molecule has 0 nitrogen and oxygen atoms in total. The summed E-state index contributed by atoms with van der Waals surface area (Å²) in [5.41, 5.74) is 0.672. The Morgan fingerprint density at radius 2 is 1.53 bits per heavy atom. The summed E-state index contributed by atoms with van der Waals surface area (Å²) in [5.74, 6) is 0. The second-order valence-corrected chi connectivity index (χ2v) is 6.60. The first-order valence-corrected chi connectivity index (χ1v) is 7.17. The first-order valence-electron chi connectivity index (χ1n) is 5.02. The third kappa shape index (κ3) is 1.74. The van der Waals surface area contributed by atoms with Crippen molar-refractivity contribution in [3.8, 4) is 11.1 Å². The summed E-state index contributed by atoms with van der Waals surface area (Å²) >= 11 is -0.462. The van der Waals surface area contributed by atoms with Crippen LogP contribution in [0.15, 0.2) is 42.5 Å². The minimum atomic E-state index is -4.27. The first-order chi connectivity index (χ1) is 8.07. The fourth-order valence-corrected chi connectivity index (χ4v) is 4.96. The van der Waals surface area contributed by atoms with Crippen LogP contribution >= 0.6 is 0 Å². The molecule has 0 bridgehead atoms. The fraction of sp³-hybridized carbons (Fsp3) is 0.0769. The van der Waals surface area contributed by atoms with Crippen LogP contribution < -0.4 is 21.2 Å². The molecule has 0 fully saturated rings. The maximum absolute atomic E-state index is 12.9. The van der Waals surface area contributed by atoms with Crippen LogP contribution in [-0.4, -0.2) is 0 Å². The predicted octanol–water partition coefficient (Wildman–Crippen LogP) is 0.814. The SMILES string of the molecule is FC(F)(F)c1cccc2c1-c1ccccc1[I+]2. The minimum Gasteiger partial charge on any atom is -0.166 e. The van der Waals surface area contributed by atoms with E-state index in [1.54, 1.807) is 12.1 Å². The summed E-state index contributed by atoms with van der Waals surface area (Å²) in [6, 6.07) is 11.9. The van der Waals surface area contributed by atoms with E-state index in [2.05, 4.69) is 0 Å². The van der Waals surface area contributed by atoms with Crippen molar-refractivity contribution in [2.45, 2.75) is 6.18 Å². The Morgan fingerprint density at radius 3 is 2.29 bits per heavy atom. The molecule has 0 unspecified atom stereocenters. The molecular weight excluding hydrogens is 340 g/mol. The van der Waals surface area contributed by atoms with Gasteiger partial charge < -0.3 is 0 Å². The van der Waals surface area contributed by atoms with Crippen molar-refractivity contribution >= 4 is 0 Å². The minimum absolute atomic E-state index is 0.406. The molecule has 17 heavy (non-hydrogen) atoms. The molecule has 0 radical (unpaired) electrons. The molecule has 1 heterocycles. The van der Waals surface area contributed by atoms with Crippen molar-refractivity contribution < 1.29 is 34.4 Å². The van der Waals surface area contributed by atoms with Crippen molar-refractivity contribution in [1.29, 1.82) is 0 Å². The topological polar surface area (TPSA) is 0 Å². The van der Waals surface area contributed by atoms with Gasteiger partial charge in [0.2, 0.25) is 7.14 Å². The molecule has 2 aromatic carbocycles. The maximum atomic E-state index is 12.9. The lowest BCUT2D eigenvalue weighted by molar-refractivity contribution is -0.590. The van der Waals surface area contributed by atoms with Crippen molar-refractivity contribution in [2.24, 2.45) is 0 Å². The van der Waals surface area contributed by atoms with E-state index in [0.717, 1.165) is 12.7 Å². The van der Waals surface area contributed by atoms with Crippen LogP contribution in [0.5, 0.6) is 0 Å². The van der Waals surface area contributed by atoms with Gasteiger partial charge >= 0.3 is 27.4 Å². The van der Waals surface area contributed by atoms with E-state index in [0.29, 0.717) is 5.56 Å². The smallest absolute Gasteiger partial charge is 0.166 e. The zero-order valence-corrected chi connectivity index (χ0v) is 10.7. The van der Waals surface area contributed by atoms with Crippen molar-refractivity contribution in [1.82, 2.24) is 0 Å². The van der Waals surface area contributed by atoms with Crippen LogP contribution in [0, 0.1) is 7.14 Å². The molecule has 1 aliphatic heterocycles. The standard InChI is InChI=1S/C13H7F3I/c14-13(15,16)9-5-3-7-11-12(9)8-4-1-2-6-10(8)17-11/h1-7H/q+1. The van der Waals surface area contributed by atoms with E-state index in [1.165, 1.54) is 12.1 Å². The fourth-order valence-electron chi connectivity index (χ4n) is 1.97. The van der Waals surface area contributed by atoms with E-state index < -0.39 is 32.9 Å². The molecule has 86 valence electrons. The van der Waals surface area contributed by atoms with E-state index in [1.807, 2.05) is 18.2 Å². The number of alkyl halides is 3. The van der Waals surface area contributed by atoms with Crippen LogP contribution in [0.3, 0.4) is 0 Å². The highest BCUT2D eigenvalue weighted by molar-refractivity contribution is 5.69. The van der Waals surface area contributed by atoms with Gasteiger partial charge in [-0.3, -0.25) is 0 Å². The second-order valence-electron chi connectivity index (χ2n) is 3.73. The Hall–Kier alpha value is -1.04. The van der Waals surface area contributed by atoms with Gasteiger partial charge in [0.1, 0.15) is 0 Å². The molecule has 0 aliphatic carbocycles. The van der Waals surface area contributed by atoms with Crippen LogP contribution in [0.25, 0.3) is 11.1 Å². The van der Waals surface area contributed by atoms with Crippen LogP contribution in [0.4, 0.5) is 13.2 Å². The van der Waals surface area contributed by atoms with E-state index in [-0.39, 0.29) is 0 Å². The highest BCUT2D eigenvalue weighted by Crippen LogP contribution is 2.37. The van der Waals surface area contributed by atoms with Gasteiger partial charge in [-0.2, -0.15) is 13.2 Å². The number of benzene rings is 2. The molecule has 1 aliphatic rings. The monoisotopic (exact) mass is 347 g/mol. The molecule has 0 saturated carbocycles. The molecular formula is C13H7F3I+. The summed E-state index contributed by atoms with van der Waals surface area (Å²) in [7, 11) is 0. The Labute approximate surface area is 107 Å². The van der Waals surface area contributed by atoms with Gasteiger partial charge in [0, 0.05) is 5.56 Å². The van der Waals surface area contributed by atoms with Gasteiger partial charge in [-0.1, -0.05) is 18.2 Å². The summed E-state index contributed by atoms with van der Waals surface area (Å²) in [6.07, 6.45) is -4.27. The highest BCUT2D eigenvalue weighted by Gasteiger charge is 2.42. The second kappa shape index (κ2) is 3.73. The van der Waals surface area contributed by atoms with Crippen LogP contribution in [0.2, 0.25) is 0 Å². The van der Waals surface area contributed by atoms with Crippen LogP contribution in [0.1, 0.15) is 5.56 Å². The van der Waals surface area contributed by atoms with Crippen molar-refractivity contribution in [3.05, 3.63) is 55.2 Å². The molecule has 0 saturated heterocycles. The zero-order chi connectivity index (χ0) is 12.0. The largest absolute Gasteiger partial charge is 0.417 e. The Balaban J connectivity index is 2.30. The molecule has 0 N–H and O–H groups in total. The summed E-state index contributed by atoms with van der Waals surface area (Å²) in [4.78, 5) is 0. The highest BCUT2D eigenvalue weighted by atomic mass is 127. The lowest BCUT2D eigenvalue weighted by Gasteiger charge is -2.09. The third-order valence-electron chi connectivity index (χ3n) is 2.67. The predicted molar refractivity (Wildman–Crippen MR) is 54.3 cm³/mol. The van der Waals surface area contributed by atoms with Crippen LogP contribution in [-0.2, 0) is 6.18 Å². The van der Waals surface area contributed by atoms with Gasteiger partial charge in [0.15, 0.2) is 0 Å². The van der Waals surface area contributed by atoms with Gasteiger partial charge in [-0.05, 0) is 24.3 Å². The van der Waals surface area contributed by atoms with Gasteiger partial charge in [0.25, 0.3) is 0 Å². The van der Waals surface area contributed by atoms with E-state index in [9.17, 15) is 13.2 Å². The molecule has 4 heteroatoms. The third-order valence-corrected chi connectivity index (χ3v) is 5.67. The molecule has 3 rings (SSSR count). The number of halogens is 4. The zero-order valence-electron chi connectivity index (χ0n) is 8.55. The van der Waals surface area contributed by atoms with Gasteiger partial charge in [0.05, 0.1) is 11.1 Å². The number of hydrogen-bond acceptors (Lipinski definition) is 0. The number of fused-ring (bicyclic) bond motifs is 3. The average molecular weight is 347 g/mol. The summed E-state index contributed by atoms with van der Waals surface area (Å²) in [5, 5.41) is 0. The summed E-state index contributed by atoms with van der Waals surface area (Å²) < 4.78 is 40.8. The number of rotatable bonds is 0. The molecule has 0 amide bonds. The Kier molecular flexibility index (Phi) is 2.43. The quantitative estimate of drug-likeness (QED) is 0.528. The van der Waals surface area contributed by atoms with Crippen molar-refractivity contribution in [2.75, 3.05) is 0 Å². The Bertz CT molecular complexity index is 587. The molecule has 0 aromatic heterocycles. The van der Waals surface area contributed by atoms with Crippen molar-refractivity contribution in [3.63, 3.8) is 0 Å².